The minimum Gasteiger partial charge on any atom is -0.338 e. The summed E-state index contributed by atoms with van der Waals surface area (Å²) in [6.07, 6.45) is 3.53. The quantitative estimate of drug-likeness (QED) is 0.777. The van der Waals surface area contributed by atoms with Gasteiger partial charge in [-0.05, 0) is 63.0 Å². The maximum absolute atomic E-state index is 11.8. The molecule has 1 saturated heterocycles. The van der Waals surface area contributed by atoms with Crippen LogP contribution in [-0.2, 0) is 6.54 Å². The van der Waals surface area contributed by atoms with Crippen molar-refractivity contribution < 1.29 is 4.79 Å². The Morgan fingerprint density at radius 2 is 2.14 bits per heavy atom. The summed E-state index contributed by atoms with van der Waals surface area (Å²) in [7, 11) is 2.16. The summed E-state index contributed by atoms with van der Waals surface area (Å²) < 4.78 is 0. The van der Waals surface area contributed by atoms with Gasteiger partial charge in [0, 0.05) is 18.8 Å². The van der Waals surface area contributed by atoms with Crippen molar-refractivity contribution >= 4 is 11.7 Å². The highest BCUT2D eigenvalue weighted by molar-refractivity contribution is 5.89. The van der Waals surface area contributed by atoms with Crippen LogP contribution in [0, 0.1) is 5.92 Å². The molecule has 1 heterocycles. The van der Waals surface area contributed by atoms with Gasteiger partial charge in [0.2, 0.25) is 0 Å². The van der Waals surface area contributed by atoms with E-state index in [4.69, 9.17) is 5.73 Å². The predicted molar refractivity (Wildman–Crippen MR) is 86.2 cm³/mol. The van der Waals surface area contributed by atoms with Crippen LogP contribution >= 0.6 is 0 Å². The lowest BCUT2D eigenvalue weighted by Crippen LogP contribution is -2.34. The van der Waals surface area contributed by atoms with Crippen molar-refractivity contribution in [3.63, 3.8) is 0 Å². The number of nitrogens with one attached hydrogen (secondary N) is 2. The van der Waals surface area contributed by atoms with E-state index in [2.05, 4.69) is 22.6 Å². The Hall–Kier alpha value is -1.59. The number of nitrogens with zero attached hydrogens (tertiary/aromatic N) is 1. The van der Waals surface area contributed by atoms with E-state index in [1.807, 2.05) is 24.3 Å². The number of benzene rings is 1. The van der Waals surface area contributed by atoms with Gasteiger partial charge in [-0.1, -0.05) is 12.1 Å². The average Bonchev–Trinajstić information content (AvgIpc) is 2.49. The van der Waals surface area contributed by atoms with Crippen molar-refractivity contribution in [1.82, 2.24) is 10.2 Å². The van der Waals surface area contributed by atoms with Gasteiger partial charge in [0.05, 0.1) is 0 Å². The summed E-state index contributed by atoms with van der Waals surface area (Å²) in [5.41, 5.74) is 7.39. The van der Waals surface area contributed by atoms with Crippen LogP contribution in [0.2, 0.25) is 0 Å². The Balaban J connectivity index is 1.67. The van der Waals surface area contributed by atoms with Crippen LogP contribution in [0.25, 0.3) is 0 Å². The van der Waals surface area contributed by atoms with Gasteiger partial charge in [-0.2, -0.15) is 0 Å². The molecule has 1 aliphatic rings. The van der Waals surface area contributed by atoms with E-state index in [0.29, 0.717) is 6.54 Å². The van der Waals surface area contributed by atoms with Crippen molar-refractivity contribution in [2.24, 2.45) is 11.7 Å². The summed E-state index contributed by atoms with van der Waals surface area (Å²) in [4.78, 5) is 14.2. The number of carbonyl (C=O) groups is 1. The number of likely N-dealkylation sites (tertiary alicyclic amines) is 1. The Morgan fingerprint density at radius 1 is 1.38 bits per heavy atom. The lowest BCUT2D eigenvalue weighted by atomic mass is 9.94. The first-order valence-electron chi connectivity index (χ1n) is 7.70. The normalized spacial score (nSPS) is 16.7. The van der Waals surface area contributed by atoms with Crippen LogP contribution in [0.4, 0.5) is 10.5 Å². The van der Waals surface area contributed by atoms with E-state index in [1.165, 1.54) is 25.9 Å². The zero-order valence-electron chi connectivity index (χ0n) is 12.8. The van der Waals surface area contributed by atoms with Crippen LogP contribution in [0.1, 0.15) is 24.8 Å². The first-order valence-corrected chi connectivity index (χ1v) is 7.70. The van der Waals surface area contributed by atoms with Gasteiger partial charge < -0.3 is 21.3 Å². The highest BCUT2D eigenvalue weighted by Crippen LogP contribution is 2.18. The Labute approximate surface area is 126 Å². The zero-order chi connectivity index (χ0) is 15.1. The molecule has 0 saturated carbocycles. The van der Waals surface area contributed by atoms with Crippen LogP contribution in [0.5, 0.6) is 0 Å². The van der Waals surface area contributed by atoms with Gasteiger partial charge in [-0.3, -0.25) is 0 Å². The molecule has 0 atom stereocenters. The third-order valence-corrected chi connectivity index (χ3v) is 4.10. The summed E-state index contributed by atoms with van der Waals surface area (Å²) in [5, 5.41) is 5.78. The number of rotatable bonds is 5. The van der Waals surface area contributed by atoms with Crippen molar-refractivity contribution in [3.05, 3.63) is 29.8 Å². The summed E-state index contributed by atoms with van der Waals surface area (Å²) >= 11 is 0. The molecule has 4 N–H and O–H groups in total. The maximum atomic E-state index is 11.8. The molecule has 21 heavy (non-hydrogen) atoms. The van der Waals surface area contributed by atoms with Crippen LogP contribution in [0.3, 0.4) is 0 Å². The highest BCUT2D eigenvalue weighted by Gasteiger charge is 2.16. The molecule has 1 aromatic rings. The number of piperidine rings is 1. The largest absolute Gasteiger partial charge is 0.338 e. The molecule has 2 rings (SSSR count). The molecule has 0 spiro atoms. The number of hydrogen-bond donors (Lipinski definition) is 3. The number of nitrogens with two attached hydrogens (primary N) is 1. The molecule has 0 unspecified atom stereocenters. The van der Waals surface area contributed by atoms with Gasteiger partial charge in [0.25, 0.3) is 0 Å². The lowest BCUT2D eigenvalue weighted by Gasteiger charge is -2.28. The second kappa shape index (κ2) is 8.00. The highest BCUT2D eigenvalue weighted by atomic mass is 16.2. The third-order valence-electron chi connectivity index (χ3n) is 4.10. The first kappa shape index (κ1) is 15.8. The molecule has 0 aromatic heterocycles. The van der Waals surface area contributed by atoms with Crippen molar-refractivity contribution in [2.45, 2.75) is 25.8 Å². The van der Waals surface area contributed by atoms with Gasteiger partial charge in [0.15, 0.2) is 0 Å². The van der Waals surface area contributed by atoms with E-state index in [9.17, 15) is 4.79 Å². The van der Waals surface area contributed by atoms with Gasteiger partial charge in [0.1, 0.15) is 0 Å². The molecule has 1 aliphatic heterocycles. The minimum absolute atomic E-state index is 0.142. The zero-order valence-corrected chi connectivity index (χ0v) is 12.8. The van der Waals surface area contributed by atoms with Gasteiger partial charge >= 0.3 is 6.03 Å². The monoisotopic (exact) mass is 290 g/mol. The Kier molecular flexibility index (Phi) is 6.02. The van der Waals surface area contributed by atoms with Crippen molar-refractivity contribution in [1.29, 1.82) is 0 Å². The molecule has 0 aliphatic carbocycles. The minimum atomic E-state index is -0.142. The molecule has 2 amide bonds. The number of amides is 2. The SMILES string of the molecule is CN1CCC(CCNC(=O)Nc2cccc(CN)c2)CC1. The molecule has 0 bridgehead atoms. The summed E-state index contributed by atoms with van der Waals surface area (Å²) in [6, 6.07) is 7.48. The topological polar surface area (TPSA) is 70.4 Å². The number of anilines is 1. The maximum Gasteiger partial charge on any atom is 0.319 e. The van der Waals surface area contributed by atoms with E-state index in [-0.39, 0.29) is 6.03 Å². The summed E-state index contributed by atoms with van der Waals surface area (Å²) in [5.74, 6) is 0.738. The molecule has 116 valence electrons. The van der Waals surface area contributed by atoms with Crippen LogP contribution in [0.15, 0.2) is 24.3 Å². The second-order valence-electron chi connectivity index (χ2n) is 5.82. The number of carbonyl (C=O) groups excluding carboxylic acids is 1. The molecule has 1 fully saturated rings. The first-order chi connectivity index (χ1) is 10.2. The Morgan fingerprint density at radius 3 is 2.86 bits per heavy atom. The van der Waals surface area contributed by atoms with Crippen LogP contribution in [-0.4, -0.2) is 37.6 Å². The standard InChI is InChI=1S/C16H26N4O/c1-20-9-6-13(7-10-20)5-8-18-16(21)19-15-4-2-3-14(11-15)12-17/h2-4,11,13H,5-10,12,17H2,1H3,(H2,18,19,21). The fourth-order valence-electron chi connectivity index (χ4n) is 2.69. The van der Waals surface area contributed by atoms with Gasteiger partial charge in [-0.25, -0.2) is 4.79 Å². The molecular formula is C16H26N4O. The van der Waals surface area contributed by atoms with Gasteiger partial charge in [-0.15, -0.1) is 0 Å². The van der Waals surface area contributed by atoms with Crippen molar-refractivity contribution in [2.75, 3.05) is 32.0 Å². The number of urea groups is 1. The van der Waals surface area contributed by atoms with E-state index in [0.717, 1.165) is 30.1 Å². The summed E-state index contributed by atoms with van der Waals surface area (Å²) in [6.45, 7) is 3.55. The third kappa shape index (κ3) is 5.36. The molecule has 5 heteroatoms. The van der Waals surface area contributed by atoms with Crippen LogP contribution < -0.4 is 16.4 Å². The fourth-order valence-corrected chi connectivity index (χ4v) is 2.69. The smallest absolute Gasteiger partial charge is 0.319 e. The molecule has 5 nitrogen and oxygen atoms in total. The molecular weight excluding hydrogens is 264 g/mol. The molecule has 1 aromatic carbocycles. The fraction of sp³-hybridized carbons (Fsp3) is 0.562. The second-order valence-corrected chi connectivity index (χ2v) is 5.82. The lowest BCUT2D eigenvalue weighted by molar-refractivity contribution is 0.211. The number of hydrogen-bond acceptors (Lipinski definition) is 3. The van der Waals surface area contributed by atoms with E-state index < -0.39 is 0 Å². The van der Waals surface area contributed by atoms with E-state index >= 15 is 0 Å². The average molecular weight is 290 g/mol. The van der Waals surface area contributed by atoms with E-state index in [1.54, 1.807) is 0 Å². The van der Waals surface area contributed by atoms with Crippen molar-refractivity contribution in [3.8, 4) is 0 Å². The Bertz CT molecular complexity index is 455. The molecule has 0 radical (unpaired) electrons. The predicted octanol–water partition coefficient (Wildman–Crippen LogP) is 2.00.